The zero-order chi connectivity index (χ0) is 11.9. The first-order valence-corrected chi connectivity index (χ1v) is 5.83. The summed E-state index contributed by atoms with van der Waals surface area (Å²) in [7, 11) is -4.39. The molecule has 0 saturated carbocycles. The summed E-state index contributed by atoms with van der Waals surface area (Å²) < 4.78 is 30.6. The van der Waals surface area contributed by atoms with Crippen LogP contribution in [0.15, 0.2) is 17.0 Å². The third-order valence-corrected chi connectivity index (χ3v) is 3.03. The number of allylic oxidation sites excluding steroid dienone is 1. The van der Waals surface area contributed by atoms with Crippen molar-refractivity contribution in [2.75, 3.05) is 0 Å². The Bertz CT molecular complexity index is 601. The van der Waals surface area contributed by atoms with Crippen molar-refractivity contribution >= 4 is 21.9 Å². The van der Waals surface area contributed by atoms with E-state index in [1.807, 2.05) is 0 Å². The molecule has 0 amide bonds. The molecule has 0 saturated heterocycles. The molecule has 1 aromatic rings. The minimum atomic E-state index is -4.39. The maximum absolute atomic E-state index is 10.9. The highest BCUT2D eigenvalue weighted by molar-refractivity contribution is 7.85. The van der Waals surface area contributed by atoms with Crippen molar-refractivity contribution in [2.24, 2.45) is 0 Å². The zero-order valence-corrected chi connectivity index (χ0v) is 8.87. The van der Waals surface area contributed by atoms with Gasteiger partial charge in [0.2, 0.25) is 0 Å². The molecule has 0 heterocycles. The Balaban J connectivity index is 2.67. The summed E-state index contributed by atoms with van der Waals surface area (Å²) in [6, 6.07) is 3.40. The normalized spacial score (nSPS) is 14.9. The smallest absolute Gasteiger partial charge is 0.295 e. The van der Waals surface area contributed by atoms with E-state index in [9.17, 15) is 13.5 Å². The van der Waals surface area contributed by atoms with Gasteiger partial charge in [0.15, 0.2) is 0 Å². The van der Waals surface area contributed by atoms with Gasteiger partial charge in [0.25, 0.3) is 10.1 Å². The number of hydrogen-bond acceptors (Lipinski definition) is 4. The fourth-order valence-electron chi connectivity index (χ4n) is 1.53. The second-order valence-corrected chi connectivity index (χ2v) is 4.82. The molecule has 0 unspecified atom stereocenters. The van der Waals surface area contributed by atoms with Crippen molar-refractivity contribution in [2.45, 2.75) is 11.3 Å². The van der Waals surface area contributed by atoms with E-state index in [0.29, 0.717) is 16.8 Å². The van der Waals surface area contributed by atoms with Crippen LogP contribution in [0.4, 0.5) is 0 Å². The number of hydrogen-bond donors (Lipinski definition) is 3. The monoisotopic (exact) mass is 238 g/mol. The lowest BCUT2D eigenvalue weighted by molar-refractivity contribution is 0.463. The number of aromatic hydroxyl groups is 1. The van der Waals surface area contributed by atoms with Crippen LogP contribution in [0.5, 0.6) is 5.75 Å². The largest absolute Gasteiger partial charge is 0.507 e. The summed E-state index contributed by atoms with van der Waals surface area (Å²) in [5.41, 5.74) is 1.22. The summed E-state index contributed by atoms with van der Waals surface area (Å²) in [5.74, 6) is -0.339. The Morgan fingerprint density at radius 2 is 2.06 bits per heavy atom. The van der Waals surface area contributed by atoms with Crippen LogP contribution in [0.1, 0.15) is 11.1 Å². The first kappa shape index (κ1) is 10.8. The lowest BCUT2D eigenvalue weighted by Crippen LogP contribution is -2.07. The first-order chi connectivity index (χ1) is 7.38. The van der Waals surface area contributed by atoms with Crippen molar-refractivity contribution < 1.29 is 18.1 Å². The summed E-state index contributed by atoms with van der Waals surface area (Å²) in [6.07, 6.45) is 3.25. The van der Waals surface area contributed by atoms with Crippen molar-refractivity contribution in [1.82, 2.24) is 0 Å². The molecular weight excluding hydrogens is 230 g/mol. The molecule has 5 nitrogen and oxygen atoms in total. The summed E-state index contributed by atoms with van der Waals surface area (Å²) >= 11 is 0. The summed E-state index contributed by atoms with van der Waals surface area (Å²) in [6.45, 7) is 0. The van der Waals surface area contributed by atoms with Crippen LogP contribution in [0.25, 0.3) is 6.08 Å². The summed E-state index contributed by atoms with van der Waals surface area (Å²) in [4.78, 5) is -0.480. The number of benzene rings is 1. The Kier molecular flexibility index (Phi) is 2.32. The van der Waals surface area contributed by atoms with E-state index in [-0.39, 0.29) is 12.2 Å². The molecule has 2 rings (SSSR count). The predicted molar refractivity (Wildman–Crippen MR) is 57.2 cm³/mol. The third-order valence-electron chi connectivity index (χ3n) is 2.26. The van der Waals surface area contributed by atoms with Crippen LogP contribution in [0.3, 0.4) is 0 Å². The molecule has 0 bridgehead atoms. The predicted octanol–water partition coefficient (Wildman–Crippen LogP) is 1.03. The molecular formula is C10H8NO4S. The van der Waals surface area contributed by atoms with E-state index in [0.717, 1.165) is 0 Å². The maximum Gasteiger partial charge on any atom is 0.295 e. The van der Waals surface area contributed by atoms with Crippen LogP contribution in [-0.4, -0.2) is 23.8 Å². The third kappa shape index (κ3) is 1.84. The average Bonchev–Trinajstić information content (AvgIpc) is 2.15. The van der Waals surface area contributed by atoms with Gasteiger partial charge in [0.05, 0.1) is 6.07 Å². The Labute approximate surface area is 92.3 Å². The van der Waals surface area contributed by atoms with Gasteiger partial charge >= 0.3 is 0 Å². The molecule has 1 radical (unpaired) electrons. The van der Waals surface area contributed by atoms with Crippen LogP contribution in [0, 0.1) is 11.5 Å². The number of fused-ring (bicyclic) bond motifs is 1. The molecule has 83 valence electrons. The van der Waals surface area contributed by atoms with E-state index >= 15 is 0 Å². The molecule has 3 N–H and O–H groups in total. The van der Waals surface area contributed by atoms with Gasteiger partial charge in [-0.25, -0.2) is 0 Å². The molecule has 0 fully saturated rings. The van der Waals surface area contributed by atoms with Crippen LogP contribution in [0.2, 0.25) is 0 Å². The van der Waals surface area contributed by atoms with Gasteiger partial charge in [-0.2, -0.15) is 8.42 Å². The summed E-state index contributed by atoms with van der Waals surface area (Å²) in [5, 5.41) is 17.0. The van der Waals surface area contributed by atoms with E-state index < -0.39 is 15.0 Å². The van der Waals surface area contributed by atoms with E-state index in [1.54, 1.807) is 0 Å². The number of nitrogens with one attached hydrogen (secondary N) is 1. The van der Waals surface area contributed by atoms with Crippen LogP contribution in [-0.2, 0) is 16.5 Å². The topological polar surface area (TPSA) is 98.5 Å². The average molecular weight is 238 g/mol. The van der Waals surface area contributed by atoms with Gasteiger partial charge in [-0.1, -0.05) is 0 Å². The Morgan fingerprint density at radius 3 is 2.69 bits per heavy atom. The second-order valence-electron chi connectivity index (χ2n) is 3.43. The molecule has 1 aromatic carbocycles. The van der Waals surface area contributed by atoms with Gasteiger partial charge < -0.3 is 10.5 Å². The van der Waals surface area contributed by atoms with Gasteiger partial charge in [0.1, 0.15) is 10.6 Å². The quantitative estimate of drug-likeness (QED) is 0.636. The van der Waals surface area contributed by atoms with Crippen LogP contribution >= 0.6 is 0 Å². The lowest BCUT2D eigenvalue weighted by atomic mass is 9.95. The van der Waals surface area contributed by atoms with E-state index in [4.69, 9.17) is 9.96 Å². The van der Waals surface area contributed by atoms with Gasteiger partial charge in [-0.3, -0.25) is 4.55 Å². The van der Waals surface area contributed by atoms with Crippen molar-refractivity contribution in [3.05, 3.63) is 29.3 Å². The SMILES string of the molecule is N=C1C=Cc2c(O)[c]c(S(=O)(=O)O)cc2C1. The van der Waals surface area contributed by atoms with Crippen molar-refractivity contribution in [3.8, 4) is 5.75 Å². The number of phenols is 1. The molecule has 0 atom stereocenters. The highest BCUT2D eigenvalue weighted by atomic mass is 32.2. The Hall–Kier alpha value is -1.66. The second kappa shape index (κ2) is 3.43. The van der Waals surface area contributed by atoms with E-state index in [2.05, 4.69) is 6.07 Å². The molecule has 0 aromatic heterocycles. The first-order valence-electron chi connectivity index (χ1n) is 4.39. The molecule has 1 aliphatic rings. The van der Waals surface area contributed by atoms with E-state index in [1.165, 1.54) is 18.2 Å². The standard InChI is InChI=1S/C10H8NO4S/c11-7-1-2-9-6(3-7)4-8(5-10(9)12)16(13,14)15/h1-2,4,11-12H,3H2,(H,13,14,15). The molecule has 0 aliphatic heterocycles. The number of phenolic OH excluding ortho intramolecular Hbond substituents is 1. The molecule has 1 aliphatic carbocycles. The number of rotatable bonds is 1. The Morgan fingerprint density at radius 1 is 1.38 bits per heavy atom. The highest BCUT2D eigenvalue weighted by Gasteiger charge is 2.18. The fourth-order valence-corrected chi connectivity index (χ4v) is 2.04. The fraction of sp³-hybridized carbons (Fsp3) is 0.100. The minimum absolute atomic E-state index is 0.219. The lowest BCUT2D eigenvalue weighted by Gasteiger charge is -2.13. The highest BCUT2D eigenvalue weighted by Crippen LogP contribution is 2.29. The zero-order valence-electron chi connectivity index (χ0n) is 8.06. The van der Waals surface area contributed by atoms with Gasteiger partial charge in [-0.05, 0) is 23.8 Å². The maximum atomic E-state index is 10.9. The molecule has 16 heavy (non-hydrogen) atoms. The van der Waals surface area contributed by atoms with Crippen molar-refractivity contribution in [1.29, 1.82) is 5.41 Å². The molecule has 0 spiro atoms. The van der Waals surface area contributed by atoms with Crippen LogP contribution < -0.4 is 0 Å². The minimum Gasteiger partial charge on any atom is -0.507 e. The van der Waals surface area contributed by atoms with Gasteiger partial charge in [-0.15, -0.1) is 0 Å². The van der Waals surface area contributed by atoms with Gasteiger partial charge in [0, 0.05) is 17.7 Å². The molecule has 6 heteroatoms. The van der Waals surface area contributed by atoms with Crippen molar-refractivity contribution in [3.63, 3.8) is 0 Å².